The average molecular weight is 236 g/mol. The second-order valence-electron chi connectivity index (χ2n) is 6.89. The van der Waals surface area contributed by atoms with Gasteiger partial charge in [0, 0.05) is 25.2 Å². The topological polar surface area (TPSA) is 4.44 Å². The van der Waals surface area contributed by atoms with Gasteiger partial charge in [-0.05, 0) is 38.5 Å². The lowest BCUT2D eigenvalue weighted by molar-refractivity contribution is -0.975. The van der Waals surface area contributed by atoms with E-state index in [-0.39, 0.29) is 0 Å². The highest BCUT2D eigenvalue weighted by molar-refractivity contribution is 4.96. The van der Waals surface area contributed by atoms with Gasteiger partial charge in [0.25, 0.3) is 0 Å². The summed E-state index contributed by atoms with van der Waals surface area (Å²) in [6, 6.07) is 1.03. The Bertz CT molecular complexity index is 262. The molecule has 4 atom stereocenters. The number of nitrogens with one attached hydrogen (secondary N) is 1. The van der Waals surface area contributed by atoms with Crippen LogP contribution in [0.4, 0.5) is 0 Å². The standard InChI is InChI=1S/C16H29N/c1-2-3-8-15-10-9-14-7-4-5-11-16(14)12-6-13-17(15)16/h14-15H,2-13H2,1H3/p+1. The highest BCUT2D eigenvalue weighted by Crippen LogP contribution is 2.42. The first-order valence-electron chi connectivity index (χ1n) is 8.23. The number of rotatable bonds is 3. The van der Waals surface area contributed by atoms with Crippen LogP contribution in [0.3, 0.4) is 0 Å². The fraction of sp³-hybridized carbons (Fsp3) is 1.00. The minimum atomic E-state index is 0.773. The van der Waals surface area contributed by atoms with Crippen LogP contribution in [0.2, 0.25) is 0 Å². The van der Waals surface area contributed by atoms with Gasteiger partial charge in [-0.2, -0.15) is 0 Å². The van der Waals surface area contributed by atoms with Crippen LogP contribution in [0.5, 0.6) is 0 Å². The predicted molar refractivity (Wildman–Crippen MR) is 72.3 cm³/mol. The van der Waals surface area contributed by atoms with Crippen LogP contribution in [0.25, 0.3) is 0 Å². The molecule has 1 saturated carbocycles. The third kappa shape index (κ3) is 1.95. The van der Waals surface area contributed by atoms with Gasteiger partial charge in [0.15, 0.2) is 0 Å². The quantitative estimate of drug-likeness (QED) is 0.768. The average Bonchev–Trinajstić information content (AvgIpc) is 2.79. The predicted octanol–water partition coefficient (Wildman–Crippen LogP) is 2.95. The van der Waals surface area contributed by atoms with Crippen molar-refractivity contribution in [1.82, 2.24) is 0 Å². The minimum absolute atomic E-state index is 0.773. The summed E-state index contributed by atoms with van der Waals surface area (Å²) >= 11 is 0. The Labute approximate surface area is 107 Å². The molecule has 1 aliphatic carbocycles. The molecule has 1 nitrogen and oxygen atoms in total. The Morgan fingerprint density at radius 1 is 1.06 bits per heavy atom. The van der Waals surface area contributed by atoms with Crippen LogP contribution in [0.15, 0.2) is 0 Å². The largest absolute Gasteiger partial charge is 0.327 e. The Morgan fingerprint density at radius 3 is 2.82 bits per heavy atom. The molecule has 0 aromatic carbocycles. The molecule has 0 bridgehead atoms. The summed E-state index contributed by atoms with van der Waals surface area (Å²) in [5.74, 6) is 1.10. The van der Waals surface area contributed by atoms with Crippen molar-refractivity contribution in [3.05, 3.63) is 0 Å². The molecular formula is C16H30N+. The van der Waals surface area contributed by atoms with Gasteiger partial charge in [-0.15, -0.1) is 0 Å². The number of hydrogen-bond acceptors (Lipinski definition) is 0. The lowest BCUT2D eigenvalue weighted by atomic mass is 9.66. The minimum Gasteiger partial charge on any atom is -0.327 e. The van der Waals surface area contributed by atoms with Gasteiger partial charge >= 0.3 is 0 Å². The maximum absolute atomic E-state index is 2.35. The lowest BCUT2D eigenvalue weighted by Crippen LogP contribution is -3.23. The van der Waals surface area contributed by atoms with Crippen molar-refractivity contribution in [2.24, 2.45) is 5.92 Å². The molecule has 2 saturated heterocycles. The summed E-state index contributed by atoms with van der Waals surface area (Å²) in [5, 5.41) is 0. The summed E-state index contributed by atoms with van der Waals surface area (Å²) in [6.45, 7) is 3.85. The van der Waals surface area contributed by atoms with Crippen LogP contribution in [-0.4, -0.2) is 18.1 Å². The maximum Gasteiger partial charge on any atom is 0.101 e. The number of quaternary nitrogens is 1. The van der Waals surface area contributed by atoms with Gasteiger partial charge in [-0.3, -0.25) is 0 Å². The Morgan fingerprint density at radius 2 is 1.94 bits per heavy atom. The van der Waals surface area contributed by atoms with Crippen molar-refractivity contribution in [2.45, 2.75) is 89.1 Å². The second-order valence-corrected chi connectivity index (χ2v) is 6.89. The second kappa shape index (κ2) is 4.91. The number of unbranched alkanes of at least 4 members (excludes halogenated alkanes) is 1. The first-order chi connectivity index (χ1) is 8.37. The van der Waals surface area contributed by atoms with Crippen molar-refractivity contribution in [3.8, 4) is 0 Å². The summed E-state index contributed by atoms with van der Waals surface area (Å²) in [6.07, 6.45) is 16.7. The summed E-state index contributed by atoms with van der Waals surface area (Å²) < 4.78 is 0. The fourth-order valence-electron chi connectivity index (χ4n) is 5.44. The molecule has 1 spiro atoms. The first-order valence-corrected chi connectivity index (χ1v) is 8.23. The first kappa shape index (κ1) is 12.0. The van der Waals surface area contributed by atoms with E-state index in [2.05, 4.69) is 11.8 Å². The SMILES string of the molecule is CCCCC1CCC2CCCCC23CCC[NH+]13. The van der Waals surface area contributed by atoms with Crippen molar-refractivity contribution in [2.75, 3.05) is 6.54 Å². The Kier molecular flexibility index (Phi) is 3.47. The van der Waals surface area contributed by atoms with Crippen molar-refractivity contribution in [3.63, 3.8) is 0 Å². The molecule has 1 heteroatoms. The van der Waals surface area contributed by atoms with Crippen LogP contribution in [0.1, 0.15) is 77.6 Å². The number of hydrogen-bond donors (Lipinski definition) is 1. The molecule has 2 aliphatic heterocycles. The van der Waals surface area contributed by atoms with E-state index in [1.165, 1.54) is 45.1 Å². The van der Waals surface area contributed by atoms with E-state index in [0.717, 1.165) is 17.5 Å². The molecule has 17 heavy (non-hydrogen) atoms. The number of piperidine rings is 1. The third-order valence-corrected chi connectivity index (χ3v) is 6.18. The summed E-state index contributed by atoms with van der Waals surface area (Å²) in [4.78, 5) is 2.07. The zero-order chi connectivity index (χ0) is 11.7. The lowest BCUT2D eigenvalue weighted by Gasteiger charge is -2.51. The fourth-order valence-corrected chi connectivity index (χ4v) is 5.44. The summed E-state index contributed by atoms with van der Waals surface area (Å²) in [5.41, 5.74) is 0.773. The van der Waals surface area contributed by atoms with Crippen LogP contribution >= 0.6 is 0 Å². The normalized spacial score (nSPS) is 45.4. The van der Waals surface area contributed by atoms with Crippen LogP contribution in [-0.2, 0) is 0 Å². The zero-order valence-electron chi connectivity index (χ0n) is 11.6. The van der Waals surface area contributed by atoms with Gasteiger partial charge in [-0.1, -0.05) is 19.8 Å². The monoisotopic (exact) mass is 236 g/mol. The van der Waals surface area contributed by atoms with Crippen molar-refractivity contribution >= 4 is 0 Å². The molecule has 0 aromatic heterocycles. The Balaban J connectivity index is 1.76. The Hall–Kier alpha value is -0.0400. The van der Waals surface area contributed by atoms with Crippen LogP contribution in [0, 0.1) is 5.92 Å². The molecule has 98 valence electrons. The van der Waals surface area contributed by atoms with Gasteiger partial charge in [0.1, 0.15) is 5.54 Å². The van der Waals surface area contributed by atoms with E-state index in [4.69, 9.17) is 0 Å². The van der Waals surface area contributed by atoms with E-state index < -0.39 is 0 Å². The van der Waals surface area contributed by atoms with E-state index in [9.17, 15) is 0 Å². The molecule has 4 unspecified atom stereocenters. The summed E-state index contributed by atoms with van der Waals surface area (Å²) in [7, 11) is 0. The zero-order valence-corrected chi connectivity index (χ0v) is 11.6. The smallest absolute Gasteiger partial charge is 0.101 e. The molecule has 0 amide bonds. The van der Waals surface area contributed by atoms with Gasteiger partial charge in [0.2, 0.25) is 0 Å². The maximum atomic E-state index is 2.35. The van der Waals surface area contributed by atoms with E-state index in [0.29, 0.717) is 0 Å². The van der Waals surface area contributed by atoms with E-state index >= 15 is 0 Å². The van der Waals surface area contributed by atoms with Gasteiger partial charge in [0.05, 0.1) is 12.6 Å². The van der Waals surface area contributed by atoms with Gasteiger partial charge < -0.3 is 4.90 Å². The van der Waals surface area contributed by atoms with E-state index in [1.54, 1.807) is 32.1 Å². The molecular weight excluding hydrogens is 206 g/mol. The van der Waals surface area contributed by atoms with Crippen molar-refractivity contribution < 1.29 is 4.90 Å². The molecule has 1 N–H and O–H groups in total. The van der Waals surface area contributed by atoms with Gasteiger partial charge in [-0.25, -0.2) is 0 Å². The molecule has 0 aromatic rings. The van der Waals surface area contributed by atoms with E-state index in [1.807, 2.05) is 0 Å². The van der Waals surface area contributed by atoms with Crippen LogP contribution < -0.4 is 4.90 Å². The molecule has 3 rings (SSSR count). The molecule has 0 radical (unpaired) electrons. The highest BCUT2D eigenvalue weighted by atomic mass is 15.3. The molecule has 3 aliphatic rings. The highest BCUT2D eigenvalue weighted by Gasteiger charge is 2.56. The van der Waals surface area contributed by atoms with Crippen molar-refractivity contribution in [1.29, 1.82) is 0 Å². The molecule has 2 heterocycles. The third-order valence-electron chi connectivity index (χ3n) is 6.18. The molecule has 3 fully saturated rings.